The lowest BCUT2D eigenvalue weighted by molar-refractivity contribution is -0.115. The first-order valence-corrected chi connectivity index (χ1v) is 7.79. The molecule has 0 unspecified atom stereocenters. The van der Waals surface area contributed by atoms with E-state index >= 15 is 0 Å². The van der Waals surface area contributed by atoms with E-state index in [9.17, 15) is 9.59 Å². The van der Waals surface area contributed by atoms with Crippen LogP contribution in [0, 0.1) is 0 Å². The first-order valence-electron chi connectivity index (χ1n) is 7.79. The number of benzene rings is 1. The standard InChI is InChI=1S/C17H20N2O4/c1-19-15(16(20)18-17(19)21)10-12-5-4-8-14(9-12)23-11-22-13-6-2-3-7-13/h4-5,8-10,13H,2-3,6-7,11H2,1H3,(H,18,20,21)/b15-10+. The Hall–Kier alpha value is -2.34. The maximum Gasteiger partial charge on any atom is 0.328 e. The minimum atomic E-state index is -0.418. The topological polar surface area (TPSA) is 67.9 Å². The van der Waals surface area contributed by atoms with E-state index in [1.165, 1.54) is 17.7 Å². The molecule has 0 atom stereocenters. The zero-order chi connectivity index (χ0) is 16.2. The van der Waals surface area contributed by atoms with Crippen LogP contribution in [0.5, 0.6) is 5.75 Å². The maximum absolute atomic E-state index is 11.7. The van der Waals surface area contributed by atoms with Crippen LogP contribution in [-0.4, -0.2) is 36.8 Å². The van der Waals surface area contributed by atoms with Crippen molar-refractivity contribution in [3.05, 3.63) is 35.5 Å². The number of carbonyl (C=O) groups is 2. The van der Waals surface area contributed by atoms with Gasteiger partial charge in [-0.3, -0.25) is 15.0 Å². The van der Waals surface area contributed by atoms with E-state index in [1.807, 2.05) is 24.3 Å². The van der Waals surface area contributed by atoms with Crippen LogP contribution in [0.2, 0.25) is 0 Å². The number of carbonyl (C=O) groups excluding carboxylic acids is 2. The molecule has 0 aromatic heterocycles. The number of hydrogen-bond donors (Lipinski definition) is 1. The molecule has 1 saturated heterocycles. The van der Waals surface area contributed by atoms with Gasteiger partial charge in [0.1, 0.15) is 11.4 Å². The molecule has 1 aliphatic heterocycles. The van der Waals surface area contributed by atoms with Crippen molar-refractivity contribution in [1.82, 2.24) is 10.2 Å². The Kier molecular flexibility index (Phi) is 4.62. The zero-order valence-electron chi connectivity index (χ0n) is 13.1. The van der Waals surface area contributed by atoms with Gasteiger partial charge in [0.05, 0.1) is 6.10 Å². The normalized spacial score (nSPS) is 20.4. The number of nitrogens with one attached hydrogen (secondary N) is 1. The first kappa shape index (κ1) is 15.6. The van der Waals surface area contributed by atoms with Crippen molar-refractivity contribution in [2.75, 3.05) is 13.8 Å². The van der Waals surface area contributed by atoms with E-state index in [4.69, 9.17) is 9.47 Å². The number of rotatable bonds is 5. The van der Waals surface area contributed by atoms with Gasteiger partial charge in [-0.15, -0.1) is 0 Å². The third-order valence-corrected chi connectivity index (χ3v) is 4.11. The highest BCUT2D eigenvalue weighted by Crippen LogP contribution is 2.22. The van der Waals surface area contributed by atoms with Gasteiger partial charge in [-0.1, -0.05) is 25.0 Å². The summed E-state index contributed by atoms with van der Waals surface area (Å²) in [6.45, 7) is 0.226. The Morgan fingerprint density at radius 1 is 1.30 bits per heavy atom. The highest BCUT2D eigenvalue weighted by molar-refractivity contribution is 6.13. The minimum absolute atomic E-state index is 0.226. The van der Waals surface area contributed by atoms with E-state index in [0.29, 0.717) is 17.6 Å². The van der Waals surface area contributed by atoms with Crippen LogP contribution in [-0.2, 0) is 9.53 Å². The largest absolute Gasteiger partial charge is 0.468 e. The second-order valence-electron chi connectivity index (χ2n) is 5.76. The lowest BCUT2D eigenvalue weighted by Crippen LogP contribution is -2.24. The third-order valence-electron chi connectivity index (χ3n) is 4.11. The molecule has 3 rings (SSSR count). The average Bonchev–Trinajstić information content (AvgIpc) is 3.12. The van der Waals surface area contributed by atoms with Gasteiger partial charge in [0.25, 0.3) is 5.91 Å². The first-order chi connectivity index (χ1) is 11.1. The Labute approximate surface area is 135 Å². The second-order valence-corrected chi connectivity index (χ2v) is 5.76. The predicted octanol–water partition coefficient (Wildman–Crippen LogP) is 2.50. The van der Waals surface area contributed by atoms with Gasteiger partial charge in [-0.25, -0.2) is 4.79 Å². The number of imide groups is 1. The Morgan fingerprint density at radius 2 is 2.09 bits per heavy atom. The predicted molar refractivity (Wildman–Crippen MR) is 84.6 cm³/mol. The quantitative estimate of drug-likeness (QED) is 0.515. The van der Waals surface area contributed by atoms with Gasteiger partial charge in [0, 0.05) is 7.05 Å². The Morgan fingerprint density at radius 3 is 2.78 bits per heavy atom. The van der Waals surface area contributed by atoms with Gasteiger partial charge >= 0.3 is 6.03 Å². The number of ether oxygens (including phenoxy) is 2. The molecule has 23 heavy (non-hydrogen) atoms. The number of likely N-dealkylation sites (N-methyl/N-ethyl adjacent to an activating group) is 1. The molecule has 3 amide bonds. The number of urea groups is 1. The van der Waals surface area contributed by atoms with Crippen molar-refractivity contribution < 1.29 is 19.1 Å². The smallest absolute Gasteiger partial charge is 0.328 e. The monoisotopic (exact) mass is 316 g/mol. The molecule has 1 N–H and O–H groups in total. The third kappa shape index (κ3) is 3.71. The molecule has 6 nitrogen and oxygen atoms in total. The molecule has 6 heteroatoms. The summed E-state index contributed by atoms with van der Waals surface area (Å²) in [5.41, 5.74) is 1.10. The van der Waals surface area contributed by atoms with E-state index < -0.39 is 11.9 Å². The van der Waals surface area contributed by atoms with Crippen molar-refractivity contribution in [3.63, 3.8) is 0 Å². The minimum Gasteiger partial charge on any atom is -0.468 e. The molecular weight excluding hydrogens is 296 g/mol. The highest BCUT2D eigenvalue weighted by atomic mass is 16.7. The van der Waals surface area contributed by atoms with Crippen LogP contribution in [0.4, 0.5) is 4.79 Å². The average molecular weight is 316 g/mol. The molecule has 122 valence electrons. The van der Waals surface area contributed by atoms with E-state index in [-0.39, 0.29) is 6.79 Å². The van der Waals surface area contributed by atoms with Gasteiger partial charge in [-0.2, -0.15) is 0 Å². The summed E-state index contributed by atoms with van der Waals surface area (Å²) in [4.78, 5) is 24.4. The molecular formula is C17H20N2O4. The summed E-state index contributed by atoms with van der Waals surface area (Å²) in [6, 6.07) is 6.92. The molecule has 0 radical (unpaired) electrons. The van der Waals surface area contributed by atoms with Gasteiger partial charge < -0.3 is 9.47 Å². The van der Waals surface area contributed by atoms with Crippen molar-refractivity contribution in [2.45, 2.75) is 31.8 Å². The van der Waals surface area contributed by atoms with Gasteiger partial charge in [-0.05, 0) is 36.6 Å². The molecule has 0 spiro atoms. The van der Waals surface area contributed by atoms with Crippen molar-refractivity contribution >= 4 is 18.0 Å². The van der Waals surface area contributed by atoms with Crippen LogP contribution >= 0.6 is 0 Å². The lowest BCUT2D eigenvalue weighted by atomic mass is 10.2. The van der Waals surface area contributed by atoms with Crippen LogP contribution in [0.15, 0.2) is 30.0 Å². The van der Waals surface area contributed by atoms with E-state index in [2.05, 4.69) is 5.32 Å². The van der Waals surface area contributed by atoms with Crippen molar-refractivity contribution in [1.29, 1.82) is 0 Å². The summed E-state index contributed by atoms with van der Waals surface area (Å²) in [6.07, 6.45) is 6.62. The highest BCUT2D eigenvalue weighted by Gasteiger charge is 2.29. The molecule has 0 bridgehead atoms. The molecule has 2 aliphatic rings. The molecule has 1 aromatic carbocycles. The Balaban J connectivity index is 1.63. The van der Waals surface area contributed by atoms with Gasteiger partial charge in [0.2, 0.25) is 0 Å². The maximum atomic E-state index is 11.7. The van der Waals surface area contributed by atoms with Crippen molar-refractivity contribution in [3.8, 4) is 5.75 Å². The second kappa shape index (κ2) is 6.83. The van der Waals surface area contributed by atoms with Gasteiger partial charge in [0.15, 0.2) is 6.79 Å². The van der Waals surface area contributed by atoms with Crippen molar-refractivity contribution in [2.24, 2.45) is 0 Å². The number of amides is 3. The fourth-order valence-corrected chi connectivity index (χ4v) is 2.77. The SMILES string of the molecule is CN1C(=O)NC(=O)/C1=C\c1cccc(OCOC2CCCC2)c1. The van der Waals surface area contributed by atoms with Crippen LogP contribution in [0.25, 0.3) is 6.08 Å². The molecule has 1 aliphatic carbocycles. The fourth-order valence-electron chi connectivity index (χ4n) is 2.77. The molecule has 1 heterocycles. The van der Waals surface area contributed by atoms with Crippen LogP contribution in [0.3, 0.4) is 0 Å². The lowest BCUT2D eigenvalue weighted by Gasteiger charge is -2.12. The molecule has 1 aromatic rings. The van der Waals surface area contributed by atoms with E-state index in [1.54, 1.807) is 13.1 Å². The van der Waals surface area contributed by atoms with Crippen LogP contribution in [0.1, 0.15) is 31.2 Å². The molecule has 1 saturated carbocycles. The summed E-state index contributed by atoms with van der Waals surface area (Å²) in [5, 5.41) is 2.25. The summed E-state index contributed by atoms with van der Waals surface area (Å²) >= 11 is 0. The Bertz CT molecular complexity index is 635. The molecule has 2 fully saturated rings. The summed E-state index contributed by atoms with van der Waals surface area (Å²) in [5.74, 6) is 0.276. The van der Waals surface area contributed by atoms with E-state index in [0.717, 1.165) is 18.4 Å². The number of hydrogen-bond acceptors (Lipinski definition) is 4. The van der Waals surface area contributed by atoms with Crippen LogP contribution < -0.4 is 10.1 Å². The zero-order valence-corrected chi connectivity index (χ0v) is 13.1. The fraction of sp³-hybridized carbons (Fsp3) is 0.412. The number of nitrogens with zero attached hydrogens (tertiary/aromatic N) is 1. The summed E-state index contributed by atoms with van der Waals surface area (Å²) in [7, 11) is 1.56. The summed E-state index contributed by atoms with van der Waals surface area (Å²) < 4.78 is 11.3.